The molecule has 1 N–H and O–H groups in total. The average Bonchev–Trinajstić information content (AvgIpc) is 2.82. The summed E-state index contributed by atoms with van der Waals surface area (Å²) in [5.41, 5.74) is -0.154. The highest BCUT2D eigenvalue weighted by Gasteiger charge is 2.30. The van der Waals surface area contributed by atoms with Crippen molar-refractivity contribution >= 4 is 11.8 Å². The minimum atomic E-state index is -0.547. The molecule has 4 nitrogen and oxygen atoms in total. The van der Waals surface area contributed by atoms with Crippen LogP contribution in [0, 0.1) is 18.6 Å². The first-order valence-corrected chi connectivity index (χ1v) is 7.36. The third-order valence-corrected chi connectivity index (χ3v) is 3.45. The van der Waals surface area contributed by atoms with Gasteiger partial charge in [-0.05, 0) is 45.7 Å². The number of rotatable bonds is 2. The van der Waals surface area contributed by atoms with Crippen LogP contribution in [0.25, 0.3) is 0 Å². The number of halogens is 2. The molecular formula is C16H22F2N2O2. The minimum absolute atomic E-state index is 0.121. The van der Waals surface area contributed by atoms with Crippen LogP contribution in [0.15, 0.2) is 12.1 Å². The molecule has 2 rings (SSSR count). The third kappa shape index (κ3) is 4.08. The fourth-order valence-electron chi connectivity index (χ4n) is 2.35. The van der Waals surface area contributed by atoms with Gasteiger partial charge >= 0.3 is 6.09 Å². The van der Waals surface area contributed by atoms with Gasteiger partial charge < -0.3 is 15.0 Å². The molecule has 0 aliphatic carbocycles. The second-order valence-corrected chi connectivity index (χ2v) is 6.64. The van der Waals surface area contributed by atoms with Gasteiger partial charge in [0.05, 0.1) is 5.69 Å². The molecule has 1 fully saturated rings. The van der Waals surface area contributed by atoms with Gasteiger partial charge in [0.15, 0.2) is 0 Å². The normalized spacial score (nSPS) is 18.5. The van der Waals surface area contributed by atoms with Crippen molar-refractivity contribution in [3.05, 3.63) is 29.3 Å². The van der Waals surface area contributed by atoms with E-state index in [9.17, 15) is 13.6 Å². The van der Waals surface area contributed by atoms with Gasteiger partial charge in [0.1, 0.15) is 17.2 Å². The molecule has 0 bridgehead atoms. The summed E-state index contributed by atoms with van der Waals surface area (Å²) in [5.74, 6) is -0.944. The maximum atomic E-state index is 13.8. The van der Waals surface area contributed by atoms with Crippen LogP contribution >= 0.6 is 0 Å². The van der Waals surface area contributed by atoms with Crippen molar-refractivity contribution in [1.82, 2.24) is 4.90 Å². The Balaban J connectivity index is 1.97. The first-order valence-electron chi connectivity index (χ1n) is 7.36. The number of amides is 1. The fraction of sp³-hybridized carbons (Fsp3) is 0.562. The summed E-state index contributed by atoms with van der Waals surface area (Å²) in [7, 11) is 0. The predicted octanol–water partition coefficient (Wildman–Crippen LogP) is 3.69. The molecule has 122 valence electrons. The number of carbonyl (C=O) groups is 1. The Hall–Kier alpha value is -1.85. The summed E-state index contributed by atoms with van der Waals surface area (Å²) in [5, 5.41) is 2.96. The van der Waals surface area contributed by atoms with Gasteiger partial charge in [0.2, 0.25) is 0 Å². The van der Waals surface area contributed by atoms with Crippen molar-refractivity contribution in [2.45, 2.75) is 45.8 Å². The van der Waals surface area contributed by atoms with E-state index >= 15 is 0 Å². The Kier molecular flexibility index (Phi) is 4.58. The number of aryl methyl sites for hydroxylation is 1. The Bertz CT molecular complexity index is 570. The number of carbonyl (C=O) groups excluding carboxylic acids is 1. The van der Waals surface area contributed by atoms with Crippen LogP contribution in [0.4, 0.5) is 19.3 Å². The van der Waals surface area contributed by atoms with Crippen LogP contribution < -0.4 is 5.32 Å². The number of hydrogen-bond acceptors (Lipinski definition) is 3. The van der Waals surface area contributed by atoms with Crippen LogP contribution in [0.2, 0.25) is 0 Å². The smallest absolute Gasteiger partial charge is 0.410 e. The molecule has 0 spiro atoms. The Morgan fingerprint density at radius 1 is 1.32 bits per heavy atom. The lowest BCUT2D eigenvalue weighted by Crippen LogP contribution is -2.36. The molecule has 1 aliphatic rings. The lowest BCUT2D eigenvalue weighted by molar-refractivity contribution is 0.0293. The molecule has 0 saturated carbocycles. The van der Waals surface area contributed by atoms with E-state index in [0.29, 0.717) is 19.5 Å². The number of benzene rings is 1. The summed E-state index contributed by atoms with van der Waals surface area (Å²) < 4.78 is 32.7. The van der Waals surface area contributed by atoms with Crippen LogP contribution in [-0.2, 0) is 4.74 Å². The SMILES string of the molecule is Cc1cc(F)c(NC2CCN(C(=O)OC(C)(C)C)C2)cc1F. The highest BCUT2D eigenvalue weighted by Crippen LogP contribution is 2.23. The third-order valence-electron chi connectivity index (χ3n) is 3.45. The molecule has 1 heterocycles. The highest BCUT2D eigenvalue weighted by atomic mass is 19.1. The van der Waals surface area contributed by atoms with Gasteiger partial charge in [-0.1, -0.05) is 0 Å². The van der Waals surface area contributed by atoms with E-state index in [4.69, 9.17) is 4.74 Å². The van der Waals surface area contributed by atoms with Crippen molar-refractivity contribution in [2.24, 2.45) is 0 Å². The summed E-state index contributed by atoms with van der Waals surface area (Å²) >= 11 is 0. The monoisotopic (exact) mass is 312 g/mol. The first-order chi connectivity index (χ1) is 10.2. The van der Waals surface area contributed by atoms with E-state index < -0.39 is 17.2 Å². The molecule has 1 unspecified atom stereocenters. The van der Waals surface area contributed by atoms with E-state index in [1.54, 1.807) is 25.7 Å². The minimum Gasteiger partial charge on any atom is -0.444 e. The Morgan fingerprint density at radius 2 is 2.00 bits per heavy atom. The molecule has 6 heteroatoms. The van der Waals surface area contributed by atoms with Gasteiger partial charge in [0.25, 0.3) is 0 Å². The molecule has 0 aromatic heterocycles. The zero-order valence-electron chi connectivity index (χ0n) is 13.4. The lowest BCUT2D eigenvalue weighted by atomic mass is 10.2. The Morgan fingerprint density at radius 3 is 2.64 bits per heavy atom. The quantitative estimate of drug-likeness (QED) is 0.905. The van der Waals surface area contributed by atoms with Crippen LogP contribution in [0.1, 0.15) is 32.8 Å². The van der Waals surface area contributed by atoms with Gasteiger partial charge in [0, 0.05) is 25.2 Å². The second-order valence-electron chi connectivity index (χ2n) is 6.64. The lowest BCUT2D eigenvalue weighted by Gasteiger charge is -2.24. The summed E-state index contributed by atoms with van der Waals surface area (Å²) in [6.45, 7) is 7.87. The number of ether oxygens (including phenoxy) is 1. The molecule has 1 aliphatic heterocycles. The van der Waals surface area contributed by atoms with Crippen LogP contribution in [0.3, 0.4) is 0 Å². The van der Waals surface area contributed by atoms with Crippen LogP contribution in [0.5, 0.6) is 0 Å². The number of nitrogens with one attached hydrogen (secondary N) is 1. The van der Waals surface area contributed by atoms with Crippen LogP contribution in [-0.4, -0.2) is 35.7 Å². The van der Waals surface area contributed by atoms with E-state index in [1.807, 2.05) is 0 Å². The van der Waals surface area contributed by atoms with Crippen molar-refractivity contribution in [3.63, 3.8) is 0 Å². The van der Waals surface area contributed by atoms with E-state index in [2.05, 4.69) is 5.32 Å². The molecule has 1 aromatic rings. The first kappa shape index (κ1) is 16.5. The average molecular weight is 312 g/mol. The van der Waals surface area contributed by atoms with E-state index in [-0.39, 0.29) is 23.4 Å². The molecular weight excluding hydrogens is 290 g/mol. The molecule has 0 radical (unpaired) electrons. The van der Waals surface area contributed by atoms with Crippen molar-refractivity contribution < 1.29 is 18.3 Å². The number of anilines is 1. The molecule has 1 atom stereocenters. The topological polar surface area (TPSA) is 41.6 Å². The molecule has 1 saturated heterocycles. The maximum absolute atomic E-state index is 13.8. The Labute approximate surface area is 129 Å². The summed E-state index contributed by atoms with van der Waals surface area (Å²) in [6.07, 6.45) is 0.279. The molecule has 22 heavy (non-hydrogen) atoms. The van der Waals surface area contributed by atoms with Gasteiger partial charge in [-0.15, -0.1) is 0 Å². The number of nitrogens with zero attached hydrogens (tertiary/aromatic N) is 1. The summed E-state index contributed by atoms with van der Waals surface area (Å²) in [4.78, 5) is 13.5. The highest BCUT2D eigenvalue weighted by molar-refractivity contribution is 5.68. The van der Waals surface area contributed by atoms with Gasteiger partial charge in [-0.3, -0.25) is 0 Å². The maximum Gasteiger partial charge on any atom is 0.410 e. The van der Waals surface area contributed by atoms with Crippen molar-refractivity contribution in [3.8, 4) is 0 Å². The van der Waals surface area contributed by atoms with Gasteiger partial charge in [-0.25, -0.2) is 13.6 Å². The van der Waals surface area contributed by atoms with Crippen molar-refractivity contribution in [1.29, 1.82) is 0 Å². The number of likely N-dealkylation sites (tertiary alicyclic amines) is 1. The molecule has 1 amide bonds. The van der Waals surface area contributed by atoms with Crippen molar-refractivity contribution in [2.75, 3.05) is 18.4 Å². The zero-order valence-corrected chi connectivity index (χ0v) is 13.4. The predicted molar refractivity (Wildman–Crippen MR) is 80.9 cm³/mol. The van der Waals surface area contributed by atoms with Gasteiger partial charge in [-0.2, -0.15) is 0 Å². The second kappa shape index (κ2) is 6.10. The number of hydrogen-bond donors (Lipinski definition) is 1. The standard InChI is InChI=1S/C16H22F2N2O2/c1-10-7-13(18)14(8-12(10)17)19-11-5-6-20(9-11)15(21)22-16(2,3)4/h7-8,11,19H,5-6,9H2,1-4H3. The zero-order chi connectivity index (χ0) is 16.5. The van der Waals surface area contributed by atoms with E-state index in [1.165, 1.54) is 6.92 Å². The van der Waals surface area contributed by atoms with E-state index in [0.717, 1.165) is 12.1 Å². The fourth-order valence-corrected chi connectivity index (χ4v) is 2.35. The summed E-state index contributed by atoms with van der Waals surface area (Å²) in [6, 6.07) is 2.20. The largest absolute Gasteiger partial charge is 0.444 e. The molecule has 1 aromatic carbocycles.